The molecule has 0 radical (unpaired) electrons. The number of rotatable bonds is 8. The Hall–Kier alpha value is -1.20. The van der Waals surface area contributed by atoms with Crippen molar-refractivity contribution in [3.8, 4) is 0 Å². The van der Waals surface area contributed by atoms with E-state index < -0.39 is 0 Å². The summed E-state index contributed by atoms with van der Waals surface area (Å²) in [5, 5.41) is 18.6. The van der Waals surface area contributed by atoms with E-state index in [0.29, 0.717) is 18.4 Å². The zero-order valence-corrected chi connectivity index (χ0v) is 13.4. The van der Waals surface area contributed by atoms with E-state index in [4.69, 9.17) is 5.11 Å². The van der Waals surface area contributed by atoms with Crippen molar-refractivity contribution < 1.29 is 10.2 Å². The lowest BCUT2D eigenvalue weighted by Crippen LogP contribution is -2.33. The van der Waals surface area contributed by atoms with E-state index in [1.54, 1.807) is 0 Å². The molecule has 0 bridgehead atoms. The van der Waals surface area contributed by atoms with Crippen LogP contribution in [0.3, 0.4) is 0 Å². The molecular formula is C18H28N2O2. The van der Waals surface area contributed by atoms with Gasteiger partial charge in [-0.05, 0) is 24.4 Å². The monoisotopic (exact) mass is 304 g/mol. The zero-order valence-electron chi connectivity index (χ0n) is 13.4. The first-order valence-corrected chi connectivity index (χ1v) is 8.07. The molecule has 2 atom stereocenters. The topological polar surface area (TPSA) is 46.9 Å². The Balaban J connectivity index is 1.82. The Labute approximate surface area is 133 Å². The second-order valence-corrected chi connectivity index (χ2v) is 6.22. The summed E-state index contributed by atoms with van der Waals surface area (Å²) in [5.74, 6) is 0.818. The Morgan fingerprint density at radius 2 is 1.91 bits per heavy atom. The third kappa shape index (κ3) is 5.21. The summed E-state index contributed by atoms with van der Waals surface area (Å²) in [6.07, 6.45) is 4.35. The largest absolute Gasteiger partial charge is 0.396 e. The molecule has 2 rings (SSSR count). The maximum absolute atomic E-state index is 9.59. The molecule has 22 heavy (non-hydrogen) atoms. The maximum atomic E-state index is 9.59. The van der Waals surface area contributed by atoms with Gasteiger partial charge >= 0.3 is 0 Å². The minimum Gasteiger partial charge on any atom is -0.396 e. The van der Waals surface area contributed by atoms with Crippen LogP contribution < -0.4 is 0 Å². The average Bonchev–Trinajstić information content (AvgIpc) is 2.90. The smallest absolute Gasteiger partial charge is 0.0558 e. The SMILES string of the molecule is CN(CCO)C[C@@H]1CN(C/C=C/c2ccccc2)C[C@@H]1CO. The van der Waals surface area contributed by atoms with Crippen molar-refractivity contribution in [2.24, 2.45) is 11.8 Å². The number of aliphatic hydroxyl groups excluding tert-OH is 2. The van der Waals surface area contributed by atoms with Gasteiger partial charge in [0.05, 0.1) is 6.61 Å². The van der Waals surface area contributed by atoms with Crippen LogP contribution in [0.15, 0.2) is 36.4 Å². The van der Waals surface area contributed by atoms with Crippen molar-refractivity contribution in [1.29, 1.82) is 0 Å². The third-order valence-electron chi connectivity index (χ3n) is 4.39. The number of nitrogens with zero attached hydrogens (tertiary/aromatic N) is 2. The number of likely N-dealkylation sites (N-methyl/N-ethyl adjacent to an activating group) is 1. The molecule has 2 N–H and O–H groups in total. The van der Waals surface area contributed by atoms with Gasteiger partial charge < -0.3 is 15.1 Å². The molecule has 1 aromatic rings. The Bertz CT molecular complexity index is 450. The first-order chi connectivity index (χ1) is 10.7. The molecule has 122 valence electrons. The van der Waals surface area contributed by atoms with Crippen LogP contribution in [0.1, 0.15) is 5.56 Å². The number of aliphatic hydroxyl groups is 2. The molecule has 0 aromatic heterocycles. The second kappa shape index (κ2) is 9.06. The average molecular weight is 304 g/mol. The number of hydrogen-bond donors (Lipinski definition) is 2. The summed E-state index contributed by atoms with van der Waals surface area (Å²) in [5.41, 5.74) is 1.22. The van der Waals surface area contributed by atoms with Gasteiger partial charge in [0.1, 0.15) is 0 Å². The molecule has 0 spiro atoms. The zero-order chi connectivity index (χ0) is 15.8. The lowest BCUT2D eigenvalue weighted by Gasteiger charge is -2.23. The second-order valence-electron chi connectivity index (χ2n) is 6.22. The van der Waals surface area contributed by atoms with Crippen molar-refractivity contribution in [2.75, 3.05) is 53.0 Å². The molecule has 0 amide bonds. The van der Waals surface area contributed by atoms with Crippen molar-refractivity contribution in [1.82, 2.24) is 9.80 Å². The van der Waals surface area contributed by atoms with Crippen molar-refractivity contribution in [3.05, 3.63) is 42.0 Å². The molecule has 4 heteroatoms. The number of benzene rings is 1. The third-order valence-corrected chi connectivity index (χ3v) is 4.39. The minimum absolute atomic E-state index is 0.191. The molecule has 0 saturated carbocycles. The molecule has 1 saturated heterocycles. The van der Waals surface area contributed by atoms with Gasteiger partial charge in [-0.25, -0.2) is 0 Å². The van der Waals surface area contributed by atoms with Gasteiger partial charge in [-0.1, -0.05) is 42.5 Å². The Morgan fingerprint density at radius 1 is 1.18 bits per heavy atom. The summed E-state index contributed by atoms with van der Waals surface area (Å²) in [6, 6.07) is 10.3. The predicted molar refractivity (Wildman–Crippen MR) is 90.6 cm³/mol. The predicted octanol–water partition coefficient (Wildman–Crippen LogP) is 1.16. The molecule has 1 aliphatic rings. The summed E-state index contributed by atoms with van der Waals surface area (Å²) < 4.78 is 0. The van der Waals surface area contributed by atoms with Gasteiger partial charge in [0.25, 0.3) is 0 Å². The van der Waals surface area contributed by atoms with Gasteiger partial charge in [0, 0.05) is 39.3 Å². The van der Waals surface area contributed by atoms with Crippen molar-refractivity contribution >= 4 is 6.08 Å². The van der Waals surface area contributed by atoms with E-state index in [1.807, 2.05) is 25.2 Å². The van der Waals surface area contributed by atoms with Gasteiger partial charge in [-0.15, -0.1) is 0 Å². The van der Waals surface area contributed by atoms with Crippen LogP contribution in [0.4, 0.5) is 0 Å². The highest BCUT2D eigenvalue weighted by Crippen LogP contribution is 2.23. The standard InChI is InChI=1S/C18H28N2O2/c1-19(10-11-21)12-17-13-20(14-18(17)15-22)9-5-8-16-6-3-2-4-7-16/h2-8,17-18,21-22H,9-15H2,1H3/b8-5+/t17-,18-/m1/s1. The van der Waals surface area contributed by atoms with Crippen LogP contribution in [-0.4, -0.2) is 73.0 Å². The van der Waals surface area contributed by atoms with Crippen LogP contribution in [0.25, 0.3) is 6.08 Å². The molecule has 0 aliphatic carbocycles. The molecule has 1 aromatic carbocycles. The van der Waals surface area contributed by atoms with Gasteiger partial charge in [-0.3, -0.25) is 4.90 Å². The van der Waals surface area contributed by atoms with Gasteiger partial charge in [0.2, 0.25) is 0 Å². The van der Waals surface area contributed by atoms with E-state index in [0.717, 1.165) is 26.2 Å². The van der Waals surface area contributed by atoms with E-state index in [2.05, 4.69) is 34.1 Å². The van der Waals surface area contributed by atoms with E-state index in [9.17, 15) is 5.11 Å². The van der Waals surface area contributed by atoms with E-state index in [1.165, 1.54) is 5.56 Å². The van der Waals surface area contributed by atoms with Crippen LogP contribution in [-0.2, 0) is 0 Å². The summed E-state index contributed by atoms with van der Waals surface area (Å²) >= 11 is 0. The summed E-state index contributed by atoms with van der Waals surface area (Å²) in [4.78, 5) is 4.55. The first-order valence-electron chi connectivity index (χ1n) is 8.07. The lowest BCUT2D eigenvalue weighted by molar-refractivity contribution is 0.160. The first kappa shape index (κ1) is 17.2. The highest BCUT2D eigenvalue weighted by Gasteiger charge is 2.32. The fourth-order valence-electron chi connectivity index (χ4n) is 3.16. The highest BCUT2D eigenvalue weighted by atomic mass is 16.3. The number of hydrogen-bond acceptors (Lipinski definition) is 4. The van der Waals surface area contributed by atoms with Gasteiger partial charge in [-0.2, -0.15) is 0 Å². The van der Waals surface area contributed by atoms with Crippen LogP contribution in [0.2, 0.25) is 0 Å². The molecule has 1 fully saturated rings. The molecule has 4 nitrogen and oxygen atoms in total. The van der Waals surface area contributed by atoms with Crippen LogP contribution in [0.5, 0.6) is 0 Å². The quantitative estimate of drug-likeness (QED) is 0.757. The molecule has 1 aliphatic heterocycles. The Morgan fingerprint density at radius 3 is 2.59 bits per heavy atom. The molecule has 0 unspecified atom stereocenters. The summed E-state index contributed by atoms with van der Waals surface area (Å²) in [6.45, 7) is 4.96. The molecule has 1 heterocycles. The van der Waals surface area contributed by atoms with Gasteiger partial charge in [0.15, 0.2) is 0 Å². The maximum Gasteiger partial charge on any atom is 0.0558 e. The van der Waals surface area contributed by atoms with E-state index in [-0.39, 0.29) is 13.2 Å². The fourth-order valence-corrected chi connectivity index (χ4v) is 3.16. The van der Waals surface area contributed by atoms with Crippen LogP contribution in [0, 0.1) is 11.8 Å². The Kier molecular flexibility index (Phi) is 7.06. The normalized spacial score (nSPS) is 22.9. The van der Waals surface area contributed by atoms with Crippen molar-refractivity contribution in [2.45, 2.75) is 0 Å². The number of likely N-dealkylation sites (tertiary alicyclic amines) is 1. The van der Waals surface area contributed by atoms with Crippen LogP contribution >= 0.6 is 0 Å². The molecular weight excluding hydrogens is 276 g/mol. The minimum atomic E-state index is 0.191. The highest BCUT2D eigenvalue weighted by molar-refractivity contribution is 5.48. The summed E-state index contributed by atoms with van der Waals surface area (Å²) in [7, 11) is 2.03. The van der Waals surface area contributed by atoms with E-state index >= 15 is 0 Å². The fraction of sp³-hybridized carbons (Fsp3) is 0.556. The lowest BCUT2D eigenvalue weighted by atomic mass is 9.96. The van der Waals surface area contributed by atoms with Crippen molar-refractivity contribution in [3.63, 3.8) is 0 Å².